The summed E-state index contributed by atoms with van der Waals surface area (Å²) in [5.41, 5.74) is 0.328. The molecule has 0 aliphatic heterocycles. The number of H-pyrrole nitrogens is 1. The van der Waals surface area contributed by atoms with Gasteiger partial charge in [0.25, 0.3) is 10.0 Å². The number of sulfonamides is 2. The molecule has 0 amide bonds. The molecule has 1 heterocycles. The first-order valence-corrected chi connectivity index (χ1v) is 9.06. The molecule has 22 heavy (non-hydrogen) atoms. The minimum Gasteiger partial charge on any atom is -0.334 e. The number of nitrogens with zero attached hydrogens (tertiary/aromatic N) is 3. The van der Waals surface area contributed by atoms with Gasteiger partial charge < -0.3 is 4.98 Å². The number of nitrogens with one attached hydrogen (secondary N) is 1. The number of aromatic amines is 1. The molecule has 1 aromatic heterocycles. The predicted octanol–water partition coefficient (Wildman–Crippen LogP) is 0.485. The van der Waals surface area contributed by atoms with E-state index in [-0.39, 0.29) is 10.1 Å². The van der Waals surface area contributed by atoms with Crippen LogP contribution in [0.4, 0.5) is 5.69 Å². The van der Waals surface area contributed by atoms with Gasteiger partial charge in [0.2, 0.25) is 15.2 Å². The van der Waals surface area contributed by atoms with E-state index in [0.29, 0.717) is 5.69 Å². The largest absolute Gasteiger partial charge is 0.334 e. The Kier molecular flexibility index (Phi) is 4.27. The van der Waals surface area contributed by atoms with Crippen LogP contribution in [-0.4, -0.2) is 52.3 Å². The van der Waals surface area contributed by atoms with Crippen molar-refractivity contribution in [2.75, 3.05) is 25.4 Å². The molecule has 0 aliphatic rings. The molecule has 2 aromatic rings. The van der Waals surface area contributed by atoms with Crippen molar-refractivity contribution < 1.29 is 16.8 Å². The zero-order valence-corrected chi connectivity index (χ0v) is 13.9. The first kappa shape index (κ1) is 16.5. The highest BCUT2D eigenvalue weighted by Gasteiger charge is 2.24. The SMILES string of the molecule is CN(C)S(=O)(=O)c1ccc(N(C)S(=O)(=O)c2ncc[nH]2)cc1. The molecule has 0 radical (unpaired) electrons. The van der Waals surface area contributed by atoms with Gasteiger partial charge in [-0.2, -0.15) is 8.42 Å². The van der Waals surface area contributed by atoms with Crippen molar-refractivity contribution in [2.45, 2.75) is 10.1 Å². The predicted molar refractivity (Wildman–Crippen MR) is 81.5 cm³/mol. The number of hydrogen-bond donors (Lipinski definition) is 1. The summed E-state index contributed by atoms with van der Waals surface area (Å²) in [4.78, 5) is 6.35. The van der Waals surface area contributed by atoms with Gasteiger partial charge in [-0.1, -0.05) is 0 Å². The van der Waals surface area contributed by atoms with Crippen molar-refractivity contribution in [1.82, 2.24) is 14.3 Å². The molecule has 120 valence electrons. The lowest BCUT2D eigenvalue weighted by Gasteiger charge is -2.18. The number of anilines is 1. The Balaban J connectivity index is 2.36. The third-order valence-electron chi connectivity index (χ3n) is 3.06. The van der Waals surface area contributed by atoms with Crippen LogP contribution in [0.25, 0.3) is 0 Å². The van der Waals surface area contributed by atoms with Crippen molar-refractivity contribution in [1.29, 1.82) is 0 Å². The summed E-state index contributed by atoms with van der Waals surface area (Å²) >= 11 is 0. The van der Waals surface area contributed by atoms with Gasteiger partial charge in [-0.05, 0) is 24.3 Å². The van der Waals surface area contributed by atoms with Crippen LogP contribution in [0.2, 0.25) is 0 Å². The fraction of sp³-hybridized carbons (Fsp3) is 0.250. The van der Waals surface area contributed by atoms with E-state index in [2.05, 4.69) is 9.97 Å². The Morgan fingerprint density at radius 1 is 0.955 bits per heavy atom. The smallest absolute Gasteiger partial charge is 0.297 e. The van der Waals surface area contributed by atoms with Crippen LogP contribution in [0.15, 0.2) is 46.7 Å². The Hall–Kier alpha value is -1.91. The zero-order valence-electron chi connectivity index (χ0n) is 12.3. The molecule has 1 N–H and O–H groups in total. The lowest BCUT2D eigenvalue weighted by atomic mass is 10.3. The van der Waals surface area contributed by atoms with Crippen molar-refractivity contribution in [3.63, 3.8) is 0 Å². The van der Waals surface area contributed by atoms with Crippen molar-refractivity contribution in [3.05, 3.63) is 36.7 Å². The number of rotatable bonds is 5. The maximum Gasteiger partial charge on any atom is 0.297 e. The maximum absolute atomic E-state index is 12.3. The molecule has 0 aliphatic carbocycles. The van der Waals surface area contributed by atoms with E-state index in [1.165, 1.54) is 57.8 Å². The van der Waals surface area contributed by atoms with Crippen molar-refractivity contribution in [2.24, 2.45) is 0 Å². The Morgan fingerprint density at radius 3 is 2.00 bits per heavy atom. The molecule has 0 bridgehead atoms. The number of hydrogen-bond acceptors (Lipinski definition) is 5. The summed E-state index contributed by atoms with van der Waals surface area (Å²) in [6, 6.07) is 5.57. The summed E-state index contributed by atoms with van der Waals surface area (Å²) in [5.74, 6) is 0. The van der Waals surface area contributed by atoms with E-state index in [1.807, 2.05) is 0 Å². The van der Waals surface area contributed by atoms with Crippen LogP contribution in [0, 0.1) is 0 Å². The minimum absolute atomic E-state index is 0.0880. The fourth-order valence-electron chi connectivity index (χ4n) is 1.70. The van der Waals surface area contributed by atoms with E-state index in [1.54, 1.807) is 0 Å². The van der Waals surface area contributed by atoms with Gasteiger partial charge in [-0.3, -0.25) is 4.31 Å². The number of aromatic nitrogens is 2. The molecule has 10 heteroatoms. The monoisotopic (exact) mass is 344 g/mol. The lowest BCUT2D eigenvalue weighted by molar-refractivity contribution is 0.521. The molecular weight excluding hydrogens is 328 g/mol. The Labute approximate surface area is 129 Å². The summed E-state index contributed by atoms with van der Waals surface area (Å²) in [7, 11) is -3.13. The molecule has 0 saturated carbocycles. The van der Waals surface area contributed by atoms with Gasteiger partial charge in [-0.15, -0.1) is 0 Å². The quantitative estimate of drug-likeness (QED) is 0.850. The topological polar surface area (TPSA) is 103 Å². The van der Waals surface area contributed by atoms with E-state index < -0.39 is 20.0 Å². The van der Waals surface area contributed by atoms with Gasteiger partial charge in [0, 0.05) is 33.5 Å². The van der Waals surface area contributed by atoms with Crippen molar-refractivity contribution >= 4 is 25.7 Å². The normalized spacial score (nSPS) is 12.5. The second-order valence-electron chi connectivity index (χ2n) is 4.65. The van der Waals surface area contributed by atoms with Crippen LogP contribution < -0.4 is 4.31 Å². The van der Waals surface area contributed by atoms with Crippen LogP contribution >= 0.6 is 0 Å². The minimum atomic E-state index is -3.81. The molecule has 8 nitrogen and oxygen atoms in total. The molecule has 0 saturated heterocycles. The van der Waals surface area contributed by atoms with Crippen LogP contribution in [-0.2, 0) is 20.0 Å². The Bertz CT molecular complexity index is 841. The first-order chi connectivity index (χ1) is 10.2. The van der Waals surface area contributed by atoms with Gasteiger partial charge in [0.15, 0.2) is 0 Å². The van der Waals surface area contributed by atoms with Gasteiger partial charge in [0.1, 0.15) is 0 Å². The number of imidazole rings is 1. The fourth-order valence-corrected chi connectivity index (χ4v) is 3.67. The van der Waals surface area contributed by atoms with Crippen LogP contribution in [0.3, 0.4) is 0 Å². The number of benzene rings is 1. The molecule has 0 atom stereocenters. The van der Waals surface area contributed by atoms with E-state index >= 15 is 0 Å². The van der Waals surface area contributed by atoms with Gasteiger partial charge >= 0.3 is 0 Å². The Morgan fingerprint density at radius 2 is 1.55 bits per heavy atom. The molecular formula is C12H16N4O4S2. The highest BCUT2D eigenvalue weighted by molar-refractivity contribution is 7.92. The van der Waals surface area contributed by atoms with Crippen LogP contribution in [0.5, 0.6) is 0 Å². The van der Waals surface area contributed by atoms with Gasteiger partial charge in [-0.25, -0.2) is 17.7 Å². The molecule has 0 unspecified atom stereocenters. The average molecular weight is 344 g/mol. The summed E-state index contributed by atoms with van der Waals surface area (Å²) < 4.78 is 50.6. The summed E-state index contributed by atoms with van der Waals surface area (Å²) in [6.45, 7) is 0. The molecule has 0 spiro atoms. The summed E-state index contributed by atoms with van der Waals surface area (Å²) in [6.07, 6.45) is 2.75. The highest BCUT2D eigenvalue weighted by Crippen LogP contribution is 2.22. The second kappa shape index (κ2) is 5.71. The highest BCUT2D eigenvalue weighted by atomic mass is 32.2. The second-order valence-corrected chi connectivity index (χ2v) is 8.68. The van der Waals surface area contributed by atoms with E-state index in [0.717, 1.165) is 8.61 Å². The lowest BCUT2D eigenvalue weighted by Crippen LogP contribution is -2.27. The standard InChI is InChI=1S/C12H16N4O4S2/c1-15(2)21(17,18)11-6-4-10(5-7-11)16(3)22(19,20)12-13-8-9-14-12/h4-9H,1-3H3,(H,13,14). The van der Waals surface area contributed by atoms with Gasteiger partial charge in [0.05, 0.1) is 10.6 Å². The van der Waals surface area contributed by atoms with E-state index in [4.69, 9.17) is 0 Å². The summed E-state index contributed by atoms with van der Waals surface area (Å²) in [5, 5.41) is -0.181. The van der Waals surface area contributed by atoms with Crippen LogP contribution in [0.1, 0.15) is 0 Å². The molecule has 0 fully saturated rings. The third-order valence-corrected chi connectivity index (χ3v) is 6.53. The third kappa shape index (κ3) is 2.85. The van der Waals surface area contributed by atoms with Crippen molar-refractivity contribution in [3.8, 4) is 0 Å². The average Bonchev–Trinajstić information content (AvgIpc) is 3.01. The first-order valence-electron chi connectivity index (χ1n) is 6.18. The molecule has 2 rings (SSSR count). The van der Waals surface area contributed by atoms with E-state index in [9.17, 15) is 16.8 Å². The molecule has 1 aromatic carbocycles. The maximum atomic E-state index is 12.3. The zero-order chi connectivity index (χ0) is 16.5.